The number of rotatable bonds is 5. The van der Waals surface area contributed by atoms with E-state index in [1.165, 1.54) is 5.56 Å². The Kier molecular flexibility index (Phi) is 5.37. The molecule has 0 atom stereocenters. The van der Waals surface area contributed by atoms with Gasteiger partial charge in [-0.3, -0.25) is 14.4 Å². The maximum Gasteiger partial charge on any atom is 0.238 e. The lowest BCUT2D eigenvalue weighted by Crippen LogP contribution is -2.30. The molecule has 0 bridgehead atoms. The Bertz CT molecular complexity index is 664. The molecule has 0 spiro atoms. The van der Waals surface area contributed by atoms with Crippen molar-refractivity contribution in [1.82, 2.24) is 14.7 Å². The summed E-state index contributed by atoms with van der Waals surface area (Å²) in [6.45, 7) is 5.09. The third-order valence-electron chi connectivity index (χ3n) is 3.63. The molecule has 2 rings (SSSR count). The van der Waals surface area contributed by atoms with Crippen molar-refractivity contribution in [3.05, 3.63) is 45.7 Å². The molecule has 2 aromatic rings. The average Bonchev–Trinajstić information content (AvgIpc) is 2.68. The van der Waals surface area contributed by atoms with Gasteiger partial charge < -0.3 is 5.32 Å². The van der Waals surface area contributed by atoms with Crippen LogP contribution in [0.5, 0.6) is 0 Å². The van der Waals surface area contributed by atoms with E-state index < -0.39 is 0 Å². The van der Waals surface area contributed by atoms with Crippen molar-refractivity contribution in [2.75, 3.05) is 18.9 Å². The highest BCUT2D eigenvalue weighted by atomic mass is 79.9. The van der Waals surface area contributed by atoms with Gasteiger partial charge in [-0.15, -0.1) is 0 Å². The molecule has 0 saturated heterocycles. The predicted molar refractivity (Wildman–Crippen MR) is 91.8 cm³/mol. The number of nitrogens with one attached hydrogen (secondary N) is 1. The first kappa shape index (κ1) is 16.7. The lowest BCUT2D eigenvalue weighted by Gasteiger charge is -2.16. The fourth-order valence-electron chi connectivity index (χ4n) is 2.35. The van der Waals surface area contributed by atoms with Gasteiger partial charge in [-0.05, 0) is 45.2 Å². The van der Waals surface area contributed by atoms with Gasteiger partial charge in [0.05, 0.1) is 12.2 Å². The summed E-state index contributed by atoms with van der Waals surface area (Å²) in [5, 5.41) is 7.30. The van der Waals surface area contributed by atoms with E-state index in [1.807, 2.05) is 61.8 Å². The summed E-state index contributed by atoms with van der Waals surface area (Å²) in [5.74, 6) is -0.0241. The monoisotopic (exact) mass is 364 g/mol. The van der Waals surface area contributed by atoms with Crippen molar-refractivity contribution < 1.29 is 4.79 Å². The van der Waals surface area contributed by atoms with Gasteiger partial charge in [-0.2, -0.15) is 5.10 Å². The molecule has 0 unspecified atom stereocenters. The lowest BCUT2D eigenvalue weighted by molar-refractivity contribution is -0.117. The van der Waals surface area contributed by atoms with Gasteiger partial charge in [0.15, 0.2) is 0 Å². The smallest absolute Gasteiger partial charge is 0.238 e. The zero-order valence-electron chi connectivity index (χ0n) is 13.4. The summed E-state index contributed by atoms with van der Waals surface area (Å²) < 4.78 is 2.87. The van der Waals surface area contributed by atoms with Crippen molar-refractivity contribution in [2.24, 2.45) is 7.05 Å². The molecule has 1 amide bonds. The maximum atomic E-state index is 12.1. The normalized spacial score (nSPS) is 11.0. The Morgan fingerprint density at radius 2 is 1.95 bits per heavy atom. The van der Waals surface area contributed by atoms with Crippen LogP contribution < -0.4 is 5.32 Å². The molecule has 1 heterocycles. The van der Waals surface area contributed by atoms with Crippen LogP contribution in [0.2, 0.25) is 0 Å². The summed E-state index contributed by atoms with van der Waals surface area (Å²) >= 11 is 3.38. The van der Waals surface area contributed by atoms with E-state index in [9.17, 15) is 4.79 Å². The van der Waals surface area contributed by atoms with E-state index in [0.29, 0.717) is 13.1 Å². The number of hydrogen-bond acceptors (Lipinski definition) is 3. The molecule has 0 aliphatic heterocycles. The number of nitrogens with zero attached hydrogens (tertiary/aromatic N) is 3. The Balaban J connectivity index is 1.92. The highest BCUT2D eigenvalue weighted by Gasteiger charge is 2.13. The lowest BCUT2D eigenvalue weighted by atomic mass is 10.2. The minimum absolute atomic E-state index is 0.0241. The number of aryl methyl sites for hydroxylation is 2. The van der Waals surface area contributed by atoms with Crippen LogP contribution in [0, 0.1) is 13.8 Å². The topological polar surface area (TPSA) is 50.2 Å². The van der Waals surface area contributed by atoms with Crippen LogP contribution in [0.15, 0.2) is 28.7 Å². The van der Waals surface area contributed by atoms with Gasteiger partial charge in [0, 0.05) is 35.0 Å². The molecule has 118 valence electrons. The molecule has 22 heavy (non-hydrogen) atoms. The summed E-state index contributed by atoms with van der Waals surface area (Å²) in [6, 6.07) is 7.55. The number of carbonyl (C=O) groups excluding carboxylic acids is 1. The zero-order valence-corrected chi connectivity index (χ0v) is 14.9. The second-order valence-corrected chi connectivity index (χ2v) is 6.42. The standard InChI is InChI=1S/C16H21BrN4O/c1-11-15(12(2)21(4)19-11)9-20(3)10-16(22)18-14-7-5-13(17)6-8-14/h5-8H,9-10H2,1-4H3,(H,18,22). The SMILES string of the molecule is Cc1nn(C)c(C)c1CN(C)CC(=O)Nc1ccc(Br)cc1. The molecule has 0 fully saturated rings. The van der Waals surface area contributed by atoms with Crippen LogP contribution in [0.25, 0.3) is 0 Å². The van der Waals surface area contributed by atoms with Crippen LogP contribution in [-0.4, -0.2) is 34.2 Å². The van der Waals surface area contributed by atoms with Crippen LogP contribution >= 0.6 is 15.9 Å². The Hall–Kier alpha value is -1.66. The Morgan fingerprint density at radius 1 is 1.32 bits per heavy atom. The summed E-state index contributed by atoms with van der Waals surface area (Å²) in [6.07, 6.45) is 0. The molecular weight excluding hydrogens is 344 g/mol. The number of halogens is 1. The van der Waals surface area contributed by atoms with Gasteiger partial charge in [0.1, 0.15) is 0 Å². The molecule has 0 aliphatic rings. The number of anilines is 1. The molecule has 1 aromatic carbocycles. The molecule has 0 aliphatic carbocycles. The van der Waals surface area contributed by atoms with Crippen molar-refractivity contribution in [3.8, 4) is 0 Å². The van der Waals surface area contributed by atoms with E-state index in [4.69, 9.17) is 0 Å². The highest BCUT2D eigenvalue weighted by molar-refractivity contribution is 9.10. The van der Waals surface area contributed by atoms with Crippen molar-refractivity contribution in [3.63, 3.8) is 0 Å². The highest BCUT2D eigenvalue weighted by Crippen LogP contribution is 2.15. The number of amides is 1. The van der Waals surface area contributed by atoms with Crippen molar-refractivity contribution >= 4 is 27.5 Å². The van der Waals surface area contributed by atoms with Crippen LogP contribution in [-0.2, 0) is 18.4 Å². The Labute approximate surface area is 139 Å². The van der Waals surface area contributed by atoms with E-state index in [-0.39, 0.29) is 5.91 Å². The fourth-order valence-corrected chi connectivity index (χ4v) is 2.62. The summed E-state index contributed by atoms with van der Waals surface area (Å²) in [4.78, 5) is 14.1. The van der Waals surface area contributed by atoms with E-state index in [1.54, 1.807) is 0 Å². The van der Waals surface area contributed by atoms with Gasteiger partial charge in [0.25, 0.3) is 0 Å². The summed E-state index contributed by atoms with van der Waals surface area (Å²) in [5.41, 5.74) is 4.13. The Morgan fingerprint density at radius 3 is 2.50 bits per heavy atom. The second kappa shape index (κ2) is 7.07. The quantitative estimate of drug-likeness (QED) is 0.887. The maximum absolute atomic E-state index is 12.1. The molecule has 6 heteroatoms. The first-order valence-corrected chi connectivity index (χ1v) is 7.89. The number of aromatic nitrogens is 2. The average molecular weight is 365 g/mol. The number of hydrogen-bond donors (Lipinski definition) is 1. The van der Waals surface area contributed by atoms with Gasteiger partial charge >= 0.3 is 0 Å². The number of carbonyl (C=O) groups is 1. The number of benzene rings is 1. The molecular formula is C16H21BrN4O. The molecule has 1 aromatic heterocycles. The van der Waals surface area contributed by atoms with Crippen molar-refractivity contribution in [2.45, 2.75) is 20.4 Å². The minimum atomic E-state index is -0.0241. The zero-order chi connectivity index (χ0) is 16.3. The van der Waals surface area contributed by atoms with Crippen LogP contribution in [0.3, 0.4) is 0 Å². The third-order valence-corrected chi connectivity index (χ3v) is 4.16. The van der Waals surface area contributed by atoms with Crippen molar-refractivity contribution in [1.29, 1.82) is 0 Å². The summed E-state index contributed by atoms with van der Waals surface area (Å²) in [7, 11) is 3.87. The first-order chi connectivity index (χ1) is 10.4. The minimum Gasteiger partial charge on any atom is -0.325 e. The van der Waals surface area contributed by atoms with E-state index >= 15 is 0 Å². The van der Waals surface area contributed by atoms with Gasteiger partial charge in [-0.1, -0.05) is 15.9 Å². The number of likely N-dealkylation sites (N-methyl/N-ethyl adjacent to an activating group) is 1. The second-order valence-electron chi connectivity index (χ2n) is 5.50. The molecule has 5 nitrogen and oxygen atoms in total. The molecule has 0 saturated carbocycles. The van der Waals surface area contributed by atoms with Crippen LogP contribution in [0.1, 0.15) is 17.0 Å². The van der Waals surface area contributed by atoms with Gasteiger partial charge in [-0.25, -0.2) is 0 Å². The largest absolute Gasteiger partial charge is 0.325 e. The van der Waals surface area contributed by atoms with E-state index in [0.717, 1.165) is 21.5 Å². The molecule has 0 radical (unpaired) electrons. The molecule has 1 N–H and O–H groups in total. The van der Waals surface area contributed by atoms with Gasteiger partial charge in [0.2, 0.25) is 5.91 Å². The predicted octanol–water partition coefficient (Wildman–Crippen LogP) is 2.87. The first-order valence-electron chi connectivity index (χ1n) is 7.10. The third kappa shape index (κ3) is 4.18. The van der Waals surface area contributed by atoms with E-state index in [2.05, 4.69) is 26.3 Å². The fraction of sp³-hybridized carbons (Fsp3) is 0.375. The van der Waals surface area contributed by atoms with Crippen LogP contribution in [0.4, 0.5) is 5.69 Å².